The minimum Gasteiger partial charge on any atom is -0.342 e. The molecule has 0 aliphatic carbocycles. The van der Waals surface area contributed by atoms with Gasteiger partial charge in [-0.3, -0.25) is 4.98 Å². The highest BCUT2D eigenvalue weighted by atomic mass is 15.3. The summed E-state index contributed by atoms with van der Waals surface area (Å²) in [5.74, 6) is 1.29. The molecule has 2 aromatic heterocycles. The first kappa shape index (κ1) is 16.8. The molecular formula is C19H22N6. The van der Waals surface area contributed by atoms with Crippen molar-refractivity contribution < 1.29 is 0 Å². The van der Waals surface area contributed by atoms with Gasteiger partial charge >= 0.3 is 0 Å². The third-order valence-electron chi connectivity index (χ3n) is 4.02. The summed E-state index contributed by atoms with van der Waals surface area (Å²) in [7, 11) is 1.97. The second-order valence-corrected chi connectivity index (χ2v) is 6.11. The molecule has 2 heterocycles. The summed E-state index contributed by atoms with van der Waals surface area (Å²) >= 11 is 0. The van der Waals surface area contributed by atoms with Crippen LogP contribution >= 0.6 is 0 Å². The van der Waals surface area contributed by atoms with Crippen LogP contribution in [0.2, 0.25) is 0 Å². The van der Waals surface area contributed by atoms with Crippen LogP contribution in [0.15, 0.2) is 48.9 Å². The van der Waals surface area contributed by atoms with Gasteiger partial charge < -0.3 is 10.2 Å². The van der Waals surface area contributed by atoms with Crippen LogP contribution in [-0.2, 0) is 6.42 Å². The number of hydrogen-bond acceptors (Lipinski definition) is 6. The minimum absolute atomic E-state index is 0.601. The Morgan fingerprint density at radius 1 is 1.08 bits per heavy atom. The molecule has 0 spiro atoms. The van der Waals surface area contributed by atoms with Gasteiger partial charge in [-0.15, -0.1) is 5.10 Å². The number of anilines is 3. The predicted octanol–water partition coefficient (Wildman–Crippen LogP) is 3.31. The number of aryl methyl sites for hydroxylation is 2. The highest BCUT2D eigenvalue weighted by molar-refractivity contribution is 5.60. The van der Waals surface area contributed by atoms with Gasteiger partial charge in [0.1, 0.15) is 0 Å². The lowest BCUT2D eigenvalue weighted by atomic mass is 10.1. The molecule has 3 rings (SSSR count). The molecule has 1 aromatic carbocycles. The maximum Gasteiger partial charge on any atom is 0.247 e. The van der Waals surface area contributed by atoms with E-state index in [9.17, 15) is 0 Å². The SMILES string of the molecule is Cc1ccc(Nc2cnnc(N(C)CCc3ccncc3)n2)c(C)c1. The highest BCUT2D eigenvalue weighted by Crippen LogP contribution is 2.20. The van der Waals surface area contributed by atoms with Gasteiger partial charge in [-0.1, -0.05) is 17.7 Å². The van der Waals surface area contributed by atoms with E-state index in [0.717, 1.165) is 18.7 Å². The van der Waals surface area contributed by atoms with Crippen LogP contribution < -0.4 is 10.2 Å². The number of likely N-dealkylation sites (N-methyl/N-ethyl adjacent to an activating group) is 1. The average molecular weight is 334 g/mol. The Kier molecular flexibility index (Phi) is 5.18. The predicted molar refractivity (Wildman–Crippen MR) is 100 cm³/mol. The summed E-state index contributed by atoms with van der Waals surface area (Å²) in [6, 6.07) is 10.3. The summed E-state index contributed by atoms with van der Waals surface area (Å²) in [5.41, 5.74) is 4.67. The van der Waals surface area contributed by atoms with Crippen molar-refractivity contribution in [2.75, 3.05) is 23.8 Å². The van der Waals surface area contributed by atoms with Crippen LogP contribution in [0.5, 0.6) is 0 Å². The van der Waals surface area contributed by atoms with E-state index in [1.54, 1.807) is 6.20 Å². The molecule has 0 saturated heterocycles. The van der Waals surface area contributed by atoms with Crippen molar-refractivity contribution in [1.29, 1.82) is 0 Å². The van der Waals surface area contributed by atoms with Crippen molar-refractivity contribution in [3.63, 3.8) is 0 Å². The molecule has 0 atom stereocenters. The van der Waals surface area contributed by atoms with Gasteiger partial charge in [0, 0.05) is 31.7 Å². The quantitative estimate of drug-likeness (QED) is 0.746. The molecule has 0 fully saturated rings. The van der Waals surface area contributed by atoms with E-state index in [2.05, 4.69) is 57.5 Å². The number of aromatic nitrogens is 4. The normalized spacial score (nSPS) is 10.5. The molecule has 0 saturated carbocycles. The molecule has 0 aliphatic rings. The Labute approximate surface area is 148 Å². The zero-order valence-electron chi connectivity index (χ0n) is 14.8. The molecule has 128 valence electrons. The molecule has 0 radical (unpaired) electrons. The molecule has 0 amide bonds. The standard InChI is InChI=1S/C19H22N6/c1-14-4-5-17(15(2)12-14)22-18-13-21-24-19(23-18)25(3)11-8-16-6-9-20-10-7-16/h4-7,9-10,12-13H,8,11H2,1-3H3,(H,22,23,24). The topological polar surface area (TPSA) is 66.8 Å². The first-order chi connectivity index (χ1) is 12.1. The van der Waals surface area contributed by atoms with Crippen molar-refractivity contribution in [3.05, 3.63) is 65.6 Å². The van der Waals surface area contributed by atoms with Crippen molar-refractivity contribution >= 4 is 17.5 Å². The zero-order valence-corrected chi connectivity index (χ0v) is 14.8. The van der Waals surface area contributed by atoms with Gasteiger partial charge in [0.15, 0.2) is 5.82 Å². The van der Waals surface area contributed by atoms with Crippen LogP contribution in [0.3, 0.4) is 0 Å². The number of hydrogen-bond donors (Lipinski definition) is 1. The monoisotopic (exact) mass is 334 g/mol. The first-order valence-corrected chi connectivity index (χ1v) is 8.26. The molecule has 6 heteroatoms. The van der Waals surface area contributed by atoms with E-state index in [4.69, 9.17) is 0 Å². The third-order valence-corrected chi connectivity index (χ3v) is 4.02. The Balaban J connectivity index is 1.68. The minimum atomic E-state index is 0.601. The molecule has 6 nitrogen and oxygen atoms in total. The number of rotatable bonds is 6. The molecule has 0 aliphatic heterocycles. The van der Waals surface area contributed by atoms with Crippen LogP contribution in [0, 0.1) is 13.8 Å². The van der Waals surface area contributed by atoms with Crippen molar-refractivity contribution in [2.24, 2.45) is 0 Å². The van der Waals surface area contributed by atoms with E-state index < -0.39 is 0 Å². The fraction of sp³-hybridized carbons (Fsp3) is 0.263. The van der Waals surface area contributed by atoms with Gasteiger partial charge in [-0.25, -0.2) is 0 Å². The van der Waals surface area contributed by atoms with Gasteiger partial charge in [-0.05, 0) is 49.6 Å². The van der Waals surface area contributed by atoms with Crippen LogP contribution in [0.4, 0.5) is 17.5 Å². The van der Waals surface area contributed by atoms with E-state index in [1.807, 2.05) is 36.5 Å². The Hall–Kier alpha value is -3.02. The summed E-state index contributed by atoms with van der Waals surface area (Å²) in [6.45, 7) is 4.96. The average Bonchev–Trinajstić information content (AvgIpc) is 2.63. The zero-order chi connectivity index (χ0) is 17.6. The lowest BCUT2D eigenvalue weighted by Gasteiger charge is -2.17. The van der Waals surface area contributed by atoms with Crippen LogP contribution in [-0.4, -0.2) is 33.8 Å². The van der Waals surface area contributed by atoms with E-state index in [-0.39, 0.29) is 0 Å². The van der Waals surface area contributed by atoms with Crippen molar-refractivity contribution in [1.82, 2.24) is 20.2 Å². The number of benzene rings is 1. The fourth-order valence-electron chi connectivity index (χ4n) is 2.55. The number of nitrogens with zero attached hydrogens (tertiary/aromatic N) is 5. The van der Waals surface area contributed by atoms with E-state index in [0.29, 0.717) is 11.8 Å². The molecule has 0 bridgehead atoms. The fourth-order valence-corrected chi connectivity index (χ4v) is 2.55. The number of nitrogens with one attached hydrogen (secondary N) is 1. The maximum absolute atomic E-state index is 4.57. The smallest absolute Gasteiger partial charge is 0.247 e. The highest BCUT2D eigenvalue weighted by Gasteiger charge is 2.08. The van der Waals surface area contributed by atoms with E-state index in [1.165, 1.54) is 16.7 Å². The summed E-state index contributed by atoms with van der Waals surface area (Å²) < 4.78 is 0. The second-order valence-electron chi connectivity index (χ2n) is 6.11. The van der Waals surface area contributed by atoms with Crippen LogP contribution in [0.1, 0.15) is 16.7 Å². The van der Waals surface area contributed by atoms with E-state index >= 15 is 0 Å². The first-order valence-electron chi connectivity index (χ1n) is 8.26. The van der Waals surface area contributed by atoms with Gasteiger partial charge in [-0.2, -0.15) is 10.1 Å². The molecular weight excluding hydrogens is 312 g/mol. The van der Waals surface area contributed by atoms with Gasteiger partial charge in [0.05, 0.1) is 6.20 Å². The molecule has 0 unspecified atom stereocenters. The summed E-state index contributed by atoms with van der Waals surface area (Å²) in [5, 5.41) is 11.5. The Morgan fingerprint density at radius 2 is 1.88 bits per heavy atom. The molecule has 1 N–H and O–H groups in total. The second kappa shape index (κ2) is 7.70. The third kappa shape index (κ3) is 4.50. The Bertz CT molecular complexity index is 834. The lowest BCUT2D eigenvalue weighted by Crippen LogP contribution is -2.23. The number of pyridine rings is 1. The van der Waals surface area contributed by atoms with Gasteiger partial charge in [0.2, 0.25) is 5.95 Å². The van der Waals surface area contributed by atoms with Crippen molar-refractivity contribution in [3.8, 4) is 0 Å². The lowest BCUT2D eigenvalue weighted by molar-refractivity contribution is 0.812. The Morgan fingerprint density at radius 3 is 2.64 bits per heavy atom. The van der Waals surface area contributed by atoms with Gasteiger partial charge in [0.25, 0.3) is 0 Å². The molecule has 3 aromatic rings. The molecule has 25 heavy (non-hydrogen) atoms. The maximum atomic E-state index is 4.57. The summed E-state index contributed by atoms with van der Waals surface area (Å²) in [6.07, 6.45) is 6.15. The largest absolute Gasteiger partial charge is 0.342 e. The van der Waals surface area contributed by atoms with Crippen LogP contribution in [0.25, 0.3) is 0 Å². The van der Waals surface area contributed by atoms with Crippen molar-refractivity contribution in [2.45, 2.75) is 20.3 Å². The summed E-state index contributed by atoms with van der Waals surface area (Å²) in [4.78, 5) is 10.6.